The molecule has 0 amide bonds. The van der Waals surface area contributed by atoms with E-state index in [2.05, 4.69) is 28.5 Å². The first-order valence-corrected chi connectivity index (χ1v) is 8.70. The van der Waals surface area contributed by atoms with E-state index in [0.29, 0.717) is 11.4 Å². The molecule has 1 aliphatic carbocycles. The summed E-state index contributed by atoms with van der Waals surface area (Å²) in [6, 6.07) is 2.85. The van der Waals surface area contributed by atoms with Gasteiger partial charge >= 0.3 is 0 Å². The molecule has 0 spiro atoms. The van der Waals surface area contributed by atoms with Gasteiger partial charge in [0, 0.05) is 6.04 Å². The van der Waals surface area contributed by atoms with E-state index in [0.717, 1.165) is 37.0 Å². The molecule has 1 fully saturated rings. The largest absolute Gasteiger partial charge is 0.381 e. The van der Waals surface area contributed by atoms with Crippen LogP contribution in [-0.2, 0) is 6.42 Å². The van der Waals surface area contributed by atoms with E-state index in [9.17, 15) is 0 Å². The Bertz CT molecular complexity index is 480. The van der Waals surface area contributed by atoms with Gasteiger partial charge in [-0.05, 0) is 57.4 Å². The number of nitrogens with zero attached hydrogens (tertiary/aromatic N) is 2. The number of anilines is 1. The van der Waals surface area contributed by atoms with Crippen LogP contribution in [0.5, 0.6) is 0 Å². The topological polar surface area (TPSA) is 90.5 Å². The predicted molar refractivity (Wildman–Crippen MR) is 89.3 cm³/mol. The van der Waals surface area contributed by atoms with E-state index in [1.807, 2.05) is 0 Å². The minimum Gasteiger partial charge on any atom is -0.381 e. The maximum Gasteiger partial charge on any atom is 0.163 e. The lowest BCUT2D eigenvalue weighted by Gasteiger charge is -2.28. The van der Waals surface area contributed by atoms with Crippen molar-refractivity contribution >= 4 is 5.82 Å². The Kier molecular flexibility index (Phi) is 6.73. The molecule has 122 valence electrons. The molecular weight excluding hydrogens is 274 g/mol. The highest BCUT2D eigenvalue weighted by atomic mass is 15.2. The number of aryl methyl sites for hydroxylation is 1. The zero-order valence-corrected chi connectivity index (χ0v) is 13.7. The van der Waals surface area contributed by atoms with Crippen molar-refractivity contribution in [3.05, 3.63) is 11.3 Å². The summed E-state index contributed by atoms with van der Waals surface area (Å²) < 4.78 is 0. The minimum atomic E-state index is 0.321. The van der Waals surface area contributed by atoms with Gasteiger partial charge in [-0.25, -0.2) is 0 Å². The van der Waals surface area contributed by atoms with Crippen LogP contribution in [0.3, 0.4) is 0 Å². The molecule has 5 nitrogen and oxygen atoms in total. The van der Waals surface area contributed by atoms with Gasteiger partial charge in [0.25, 0.3) is 0 Å². The molecule has 1 aromatic rings. The van der Waals surface area contributed by atoms with Gasteiger partial charge in [0.1, 0.15) is 11.6 Å². The predicted octanol–water partition coefficient (Wildman–Crippen LogP) is 3.13. The molecule has 0 unspecified atom stereocenters. The highest BCUT2D eigenvalue weighted by molar-refractivity contribution is 5.50. The van der Waals surface area contributed by atoms with Crippen molar-refractivity contribution in [2.24, 2.45) is 5.92 Å². The Balaban J connectivity index is 1.54. The van der Waals surface area contributed by atoms with E-state index < -0.39 is 0 Å². The fourth-order valence-corrected chi connectivity index (χ4v) is 3.38. The van der Waals surface area contributed by atoms with Gasteiger partial charge in [-0.1, -0.05) is 19.8 Å². The molecule has 5 heteroatoms. The molecule has 0 aromatic carbocycles. The number of aromatic amines is 1. The number of nitrogen functional groups attached to an aromatic ring is 1. The van der Waals surface area contributed by atoms with E-state index in [1.54, 1.807) is 0 Å². The summed E-state index contributed by atoms with van der Waals surface area (Å²) in [7, 11) is 0. The van der Waals surface area contributed by atoms with E-state index in [4.69, 9.17) is 11.0 Å². The average molecular weight is 303 g/mol. The number of hydrogen-bond acceptors (Lipinski definition) is 4. The fourth-order valence-electron chi connectivity index (χ4n) is 3.38. The third kappa shape index (κ3) is 4.74. The molecule has 1 heterocycles. The first-order chi connectivity index (χ1) is 10.7. The lowest BCUT2D eigenvalue weighted by atomic mass is 9.84. The van der Waals surface area contributed by atoms with E-state index in [-0.39, 0.29) is 0 Å². The molecule has 1 aromatic heterocycles. The number of nitrogens with one attached hydrogen (secondary N) is 2. The summed E-state index contributed by atoms with van der Waals surface area (Å²) in [5.41, 5.74) is 7.03. The number of rotatable bonds is 8. The van der Waals surface area contributed by atoms with E-state index in [1.165, 1.54) is 44.9 Å². The van der Waals surface area contributed by atoms with Crippen molar-refractivity contribution in [3.8, 4) is 6.07 Å². The van der Waals surface area contributed by atoms with Crippen LogP contribution in [0.1, 0.15) is 69.5 Å². The normalized spacial score (nSPS) is 21.6. The molecule has 0 atom stereocenters. The summed E-state index contributed by atoms with van der Waals surface area (Å²) in [6.07, 6.45) is 11.1. The third-order valence-corrected chi connectivity index (χ3v) is 4.94. The van der Waals surface area contributed by atoms with Crippen molar-refractivity contribution < 1.29 is 0 Å². The number of H-pyrrole nitrogens is 1. The van der Waals surface area contributed by atoms with Gasteiger partial charge in [-0.15, -0.1) is 0 Å². The van der Waals surface area contributed by atoms with Gasteiger partial charge in [0.2, 0.25) is 0 Å². The van der Waals surface area contributed by atoms with E-state index >= 15 is 0 Å². The van der Waals surface area contributed by atoms with Crippen molar-refractivity contribution in [1.29, 1.82) is 5.26 Å². The zero-order chi connectivity index (χ0) is 15.8. The van der Waals surface area contributed by atoms with Gasteiger partial charge in [-0.3, -0.25) is 5.10 Å². The average Bonchev–Trinajstić information content (AvgIpc) is 2.91. The number of nitrogens with two attached hydrogens (primary N) is 1. The highest BCUT2D eigenvalue weighted by Gasteiger charge is 2.18. The van der Waals surface area contributed by atoms with Crippen molar-refractivity contribution in [2.75, 3.05) is 12.3 Å². The molecule has 1 saturated carbocycles. The third-order valence-electron chi connectivity index (χ3n) is 4.94. The number of aromatic nitrogens is 2. The lowest BCUT2D eigenvalue weighted by molar-refractivity contribution is 0.285. The van der Waals surface area contributed by atoms with Crippen LogP contribution in [-0.4, -0.2) is 22.8 Å². The maximum atomic E-state index is 9.01. The maximum absolute atomic E-state index is 9.01. The molecule has 0 aliphatic heterocycles. The first-order valence-electron chi connectivity index (χ1n) is 8.70. The second-order valence-electron chi connectivity index (χ2n) is 6.46. The minimum absolute atomic E-state index is 0.321. The quantitative estimate of drug-likeness (QED) is 0.643. The summed E-state index contributed by atoms with van der Waals surface area (Å²) >= 11 is 0. The molecule has 22 heavy (non-hydrogen) atoms. The van der Waals surface area contributed by atoms with Crippen LogP contribution in [0.25, 0.3) is 0 Å². The summed E-state index contributed by atoms with van der Waals surface area (Å²) in [5, 5.41) is 19.5. The molecule has 4 N–H and O–H groups in total. The number of unbranched alkanes of at least 4 members (excludes halogenated alkanes) is 2. The monoisotopic (exact) mass is 303 g/mol. The Labute approximate surface area is 133 Å². The van der Waals surface area contributed by atoms with Crippen LogP contribution < -0.4 is 11.1 Å². The van der Waals surface area contributed by atoms with Crippen molar-refractivity contribution in [1.82, 2.24) is 15.5 Å². The van der Waals surface area contributed by atoms with Crippen molar-refractivity contribution in [2.45, 2.75) is 70.8 Å². The first kappa shape index (κ1) is 16.8. The van der Waals surface area contributed by atoms with Gasteiger partial charge in [-0.2, -0.15) is 10.4 Å². The lowest BCUT2D eigenvalue weighted by Crippen LogP contribution is -2.33. The smallest absolute Gasteiger partial charge is 0.163 e. The fraction of sp³-hybridized carbons (Fsp3) is 0.765. The van der Waals surface area contributed by atoms with Crippen LogP contribution in [0, 0.1) is 17.2 Å². The molecular formula is C17H29N5. The van der Waals surface area contributed by atoms with Gasteiger partial charge in [0.05, 0.1) is 5.69 Å². The molecule has 0 radical (unpaired) electrons. The summed E-state index contributed by atoms with van der Waals surface area (Å²) in [5.74, 6) is 1.29. The molecule has 2 rings (SSSR count). The standard InChI is InChI=1S/C17H29N5/c1-2-13-7-9-14(10-8-13)20-11-5-3-4-6-16-15(12-18)17(19)22-21-16/h13-14,20H,2-11H2,1H3,(H3,19,21,22). The second kappa shape index (κ2) is 8.79. The Hall–Kier alpha value is -1.54. The van der Waals surface area contributed by atoms with Crippen molar-refractivity contribution in [3.63, 3.8) is 0 Å². The Morgan fingerprint density at radius 2 is 2.05 bits per heavy atom. The Morgan fingerprint density at radius 3 is 2.73 bits per heavy atom. The zero-order valence-electron chi connectivity index (χ0n) is 13.7. The highest BCUT2D eigenvalue weighted by Crippen LogP contribution is 2.26. The number of nitriles is 1. The SMILES string of the molecule is CCC1CCC(NCCCCCc2[nH]nc(N)c2C#N)CC1. The number of hydrogen-bond donors (Lipinski definition) is 3. The molecule has 1 aliphatic rings. The van der Waals surface area contributed by atoms with Gasteiger partial charge < -0.3 is 11.1 Å². The second-order valence-corrected chi connectivity index (χ2v) is 6.46. The van der Waals surface area contributed by atoms with Crippen LogP contribution in [0.2, 0.25) is 0 Å². The summed E-state index contributed by atoms with van der Waals surface area (Å²) in [4.78, 5) is 0. The Morgan fingerprint density at radius 1 is 1.27 bits per heavy atom. The summed E-state index contributed by atoms with van der Waals surface area (Å²) in [6.45, 7) is 3.42. The molecule has 0 saturated heterocycles. The molecule has 0 bridgehead atoms. The van der Waals surface area contributed by atoms with Crippen LogP contribution in [0.4, 0.5) is 5.82 Å². The van der Waals surface area contributed by atoms with Gasteiger partial charge in [0.15, 0.2) is 5.82 Å². The van der Waals surface area contributed by atoms with Crippen LogP contribution in [0.15, 0.2) is 0 Å². The van der Waals surface area contributed by atoms with Crippen LogP contribution >= 0.6 is 0 Å².